The molecule has 0 heterocycles. The maximum atomic E-state index is 12.3. The number of urea groups is 1. The Labute approximate surface area is 178 Å². The molecule has 0 fully saturated rings. The second-order valence-corrected chi connectivity index (χ2v) is 8.57. The Hall–Kier alpha value is -2.87. The van der Waals surface area contributed by atoms with Gasteiger partial charge in [-0.1, -0.05) is 61.0 Å². The normalized spacial score (nSPS) is 12.0. The summed E-state index contributed by atoms with van der Waals surface area (Å²) in [5, 5.41) is 2.54. The number of benzene rings is 2. The van der Waals surface area contributed by atoms with Crippen molar-refractivity contribution in [1.29, 1.82) is 0 Å². The fourth-order valence-corrected chi connectivity index (χ4v) is 3.12. The number of amides is 4. The van der Waals surface area contributed by atoms with E-state index in [1.807, 2.05) is 18.2 Å². The van der Waals surface area contributed by atoms with Crippen molar-refractivity contribution in [3.8, 4) is 0 Å². The Bertz CT molecular complexity index is 892. The van der Waals surface area contributed by atoms with Crippen molar-refractivity contribution in [3.63, 3.8) is 0 Å². The third kappa shape index (κ3) is 6.90. The van der Waals surface area contributed by atoms with Gasteiger partial charge in [0.2, 0.25) is 5.91 Å². The van der Waals surface area contributed by atoms with Crippen LogP contribution in [-0.2, 0) is 10.2 Å². The molecule has 7 nitrogen and oxygen atoms in total. The van der Waals surface area contributed by atoms with Crippen LogP contribution in [0.15, 0.2) is 53.0 Å². The number of hydrazine groups is 1. The number of carbonyl (C=O) groups excluding carboxylic acids is 3. The van der Waals surface area contributed by atoms with Crippen molar-refractivity contribution < 1.29 is 14.4 Å². The lowest BCUT2D eigenvalue weighted by atomic mass is 9.87. The van der Waals surface area contributed by atoms with Gasteiger partial charge in [0, 0.05) is 10.0 Å². The third-order valence-electron chi connectivity index (χ3n) is 4.29. The summed E-state index contributed by atoms with van der Waals surface area (Å²) in [6.45, 7) is 6.26. The van der Waals surface area contributed by atoms with E-state index in [0.717, 1.165) is 10.0 Å². The highest BCUT2D eigenvalue weighted by molar-refractivity contribution is 9.10. The zero-order valence-electron chi connectivity index (χ0n) is 16.6. The quantitative estimate of drug-likeness (QED) is 0.513. The van der Waals surface area contributed by atoms with Gasteiger partial charge in [-0.3, -0.25) is 20.4 Å². The maximum absolute atomic E-state index is 12.3. The van der Waals surface area contributed by atoms with Crippen LogP contribution >= 0.6 is 15.9 Å². The molecule has 2 aromatic carbocycles. The monoisotopic (exact) mass is 460 g/mol. The van der Waals surface area contributed by atoms with E-state index in [4.69, 9.17) is 5.73 Å². The van der Waals surface area contributed by atoms with Crippen molar-refractivity contribution >= 4 is 33.8 Å². The lowest BCUT2D eigenvalue weighted by Crippen LogP contribution is -2.44. The summed E-state index contributed by atoms with van der Waals surface area (Å²) in [6, 6.07) is 13.0. The summed E-state index contributed by atoms with van der Waals surface area (Å²) < 4.78 is 0.804. The van der Waals surface area contributed by atoms with Gasteiger partial charge >= 0.3 is 6.03 Å². The number of nitrogens with two attached hydrogens (primary N) is 1. The molecule has 0 saturated heterocycles. The second-order valence-electron chi connectivity index (χ2n) is 7.65. The fraction of sp³-hybridized carbons (Fsp3) is 0.286. The lowest BCUT2D eigenvalue weighted by molar-refractivity contribution is -0.122. The van der Waals surface area contributed by atoms with Crippen molar-refractivity contribution in [2.45, 2.75) is 38.6 Å². The average molecular weight is 461 g/mol. The first-order valence-electron chi connectivity index (χ1n) is 9.07. The van der Waals surface area contributed by atoms with Gasteiger partial charge in [-0.15, -0.1) is 0 Å². The first-order chi connectivity index (χ1) is 13.6. The van der Waals surface area contributed by atoms with Gasteiger partial charge in [-0.25, -0.2) is 4.79 Å². The smallest absolute Gasteiger partial charge is 0.312 e. The van der Waals surface area contributed by atoms with Crippen molar-refractivity contribution in [2.24, 2.45) is 5.73 Å². The maximum Gasteiger partial charge on any atom is 0.312 e. The molecule has 0 aromatic heterocycles. The number of nitrogens with one attached hydrogen (secondary N) is 3. The van der Waals surface area contributed by atoms with Crippen LogP contribution in [0.4, 0.5) is 4.79 Å². The SMILES string of the molecule is CC(C)(C)c1ccc(C(=O)NNC(=O)C[C@@H](NC(N)=O)c2cccc(Br)c2)cc1. The number of primary amides is 1. The Morgan fingerprint density at radius 1 is 1.03 bits per heavy atom. The van der Waals surface area contributed by atoms with Gasteiger partial charge in [-0.2, -0.15) is 0 Å². The molecule has 0 aliphatic carbocycles. The zero-order valence-corrected chi connectivity index (χ0v) is 18.2. The van der Waals surface area contributed by atoms with Crippen LogP contribution in [0, 0.1) is 0 Å². The molecule has 29 heavy (non-hydrogen) atoms. The van der Waals surface area contributed by atoms with Crippen LogP contribution in [0.1, 0.15) is 54.7 Å². The van der Waals surface area contributed by atoms with E-state index in [1.54, 1.807) is 30.3 Å². The van der Waals surface area contributed by atoms with Gasteiger partial charge in [0.05, 0.1) is 12.5 Å². The van der Waals surface area contributed by atoms with Crippen LogP contribution in [0.5, 0.6) is 0 Å². The number of hydrogen-bond donors (Lipinski definition) is 4. The highest BCUT2D eigenvalue weighted by Gasteiger charge is 2.19. The van der Waals surface area contributed by atoms with Crippen LogP contribution in [0.25, 0.3) is 0 Å². The largest absolute Gasteiger partial charge is 0.352 e. The van der Waals surface area contributed by atoms with Crippen LogP contribution in [0.3, 0.4) is 0 Å². The molecule has 8 heteroatoms. The first-order valence-corrected chi connectivity index (χ1v) is 9.86. The number of rotatable bonds is 5. The van der Waals surface area contributed by atoms with E-state index >= 15 is 0 Å². The standard InChI is InChI=1S/C21H25BrN4O3/c1-21(2,3)15-9-7-13(8-10-15)19(28)26-25-18(27)12-17(24-20(23)29)14-5-4-6-16(22)11-14/h4-11,17H,12H2,1-3H3,(H,25,27)(H,26,28)(H3,23,24,29)/t17-/m1/s1. The minimum atomic E-state index is -0.745. The van der Waals surface area contributed by atoms with Gasteiger partial charge in [0.15, 0.2) is 0 Å². The molecule has 0 spiro atoms. The molecule has 5 N–H and O–H groups in total. The van der Waals surface area contributed by atoms with Gasteiger partial charge in [-0.05, 0) is 40.8 Å². The van der Waals surface area contributed by atoms with Gasteiger partial charge in [0.1, 0.15) is 0 Å². The third-order valence-corrected chi connectivity index (χ3v) is 4.78. The molecule has 2 rings (SSSR count). The summed E-state index contributed by atoms with van der Waals surface area (Å²) in [4.78, 5) is 35.8. The Balaban J connectivity index is 1.97. The number of halogens is 1. The highest BCUT2D eigenvalue weighted by Crippen LogP contribution is 2.22. The molecule has 0 saturated carbocycles. The van der Waals surface area contributed by atoms with Crippen molar-refractivity contribution in [1.82, 2.24) is 16.2 Å². The van der Waals surface area contributed by atoms with E-state index in [0.29, 0.717) is 11.1 Å². The van der Waals surface area contributed by atoms with Crippen molar-refractivity contribution in [2.75, 3.05) is 0 Å². The van der Waals surface area contributed by atoms with E-state index in [-0.39, 0.29) is 11.8 Å². The molecule has 0 aliphatic rings. The van der Waals surface area contributed by atoms with Crippen LogP contribution < -0.4 is 21.9 Å². The Morgan fingerprint density at radius 2 is 1.69 bits per heavy atom. The van der Waals surface area contributed by atoms with E-state index < -0.39 is 23.9 Å². The molecular weight excluding hydrogens is 436 g/mol. The molecule has 0 radical (unpaired) electrons. The zero-order chi connectivity index (χ0) is 21.6. The average Bonchev–Trinajstić information content (AvgIpc) is 2.64. The summed E-state index contributed by atoms with van der Waals surface area (Å²) >= 11 is 3.35. The topological polar surface area (TPSA) is 113 Å². The number of carbonyl (C=O) groups is 3. The molecule has 154 valence electrons. The summed E-state index contributed by atoms with van der Waals surface area (Å²) in [5.74, 6) is -0.899. The van der Waals surface area contributed by atoms with Crippen molar-refractivity contribution in [3.05, 3.63) is 69.7 Å². The first kappa shape index (κ1) is 22.4. The van der Waals surface area contributed by atoms with Gasteiger partial charge in [0.25, 0.3) is 5.91 Å². The van der Waals surface area contributed by atoms with Crippen LogP contribution in [-0.4, -0.2) is 17.8 Å². The fourth-order valence-electron chi connectivity index (χ4n) is 2.70. The van der Waals surface area contributed by atoms with E-state index in [1.165, 1.54) is 0 Å². The minimum Gasteiger partial charge on any atom is -0.352 e. The highest BCUT2D eigenvalue weighted by atomic mass is 79.9. The molecule has 0 unspecified atom stereocenters. The molecule has 2 aromatic rings. The molecule has 0 aliphatic heterocycles. The second kappa shape index (κ2) is 9.56. The summed E-state index contributed by atoms with van der Waals surface area (Å²) in [6.07, 6.45) is -0.0946. The lowest BCUT2D eigenvalue weighted by Gasteiger charge is -2.19. The van der Waals surface area contributed by atoms with Crippen LogP contribution in [0.2, 0.25) is 0 Å². The predicted molar refractivity (Wildman–Crippen MR) is 115 cm³/mol. The molecular formula is C21H25BrN4O3. The summed E-state index contributed by atoms with van der Waals surface area (Å²) in [7, 11) is 0. The molecule has 0 bridgehead atoms. The minimum absolute atomic E-state index is 0.0158. The number of hydrogen-bond acceptors (Lipinski definition) is 3. The molecule has 4 amide bonds. The van der Waals surface area contributed by atoms with E-state index in [2.05, 4.69) is 52.9 Å². The van der Waals surface area contributed by atoms with Gasteiger partial charge < -0.3 is 11.1 Å². The van der Waals surface area contributed by atoms with E-state index in [9.17, 15) is 14.4 Å². The Morgan fingerprint density at radius 3 is 2.24 bits per heavy atom. The Kier molecular flexibility index (Phi) is 7.39. The molecule has 1 atom stereocenters. The summed E-state index contributed by atoms with van der Waals surface area (Å²) in [5.41, 5.74) is 12.2. The predicted octanol–water partition coefficient (Wildman–Crippen LogP) is 3.31.